The van der Waals surface area contributed by atoms with Crippen molar-refractivity contribution in [3.8, 4) is 0 Å². The SMILES string of the molecule is CNC(CSc1ccccc1C)c1csc(C)c1. The van der Waals surface area contributed by atoms with Gasteiger partial charge in [-0.25, -0.2) is 0 Å². The van der Waals surface area contributed by atoms with Crippen molar-refractivity contribution in [2.24, 2.45) is 0 Å². The van der Waals surface area contributed by atoms with E-state index in [1.165, 1.54) is 20.9 Å². The number of benzene rings is 1. The van der Waals surface area contributed by atoms with Gasteiger partial charge in [-0.2, -0.15) is 0 Å². The normalized spacial score (nSPS) is 12.6. The zero-order chi connectivity index (χ0) is 13.0. The van der Waals surface area contributed by atoms with Gasteiger partial charge in [-0.15, -0.1) is 23.1 Å². The maximum atomic E-state index is 3.41. The van der Waals surface area contributed by atoms with E-state index in [0.29, 0.717) is 6.04 Å². The first kappa shape index (κ1) is 13.7. The van der Waals surface area contributed by atoms with Crippen LogP contribution in [0.1, 0.15) is 22.0 Å². The topological polar surface area (TPSA) is 12.0 Å². The highest BCUT2D eigenvalue weighted by Crippen LogP contribution is 2.28. The Morgan fingerprint density at radius 3 is 2.67 bits per heavy atom. The molecule has 1 nitrogen and oxygen atoms in total. The maximum Gasteiger partial charge on any atom is 0.0421 e. The highest BCUT2D eigenvalue weighted by molar-refractivity contribution is 7.99. The van der Waals surface area contributed by atoms with Crippen LogP contribution >= 0.6 is 23.1 Å². The van der Waals surface area contributed by atoms with Crippen molar-refractivity contribution in [2.45, 2.75) is 24.8 Å². The molecule has 1 unspecified atom stereocenters. The zero-order valence-electron chi connectivity index (χ0n) is 11.1. The third kappa shape index (κ3) is 3.37. The Bertz CT molecular complexity index is 505. The van der Waals surface area contributed by atoms with Crippen LogP contribution in [-0.2, 0) is 0 Å². The minimum absolute atomic E-state index is 0.430. The summed E-state index contributed by atoms with van der Waals surface area (Å²) in [7, 11) is 2.04. The van der Waals surface area contributed by atoms with E-state index in [2.05, 4.69) is 54.9 Å². The first-order valence-corrected chi connectivity index (χ1v) is 7.98. The molecule has 1 atom stereocenters. The molecule has 0 saturated carbocycles. The smallest absolute Gasteiger partial charge is 0.0421 e. The van der Waals surface area contributed by atoms with Crippen LogP contribution in [0.3, 0.4) is 0 Å². The van der Waals surface area contributed by atoms with E-state index < -0.39 is 0 Å². The van der Waals surface area contributed by atoms with E-state index in [1.54, 1.807) is 0 Å². The fourth-order valence-electron chi connectivity index (χ4n) is 1.88. The standard InChI is InChI=1S/C15H19NS2/c1-11-6-4-5-7-15(11)18-10-14(16-3)13-8-12(2)17-9-13/h4-9,14,16H,10H2,1-3H3. The number of rotatable bonds is 5. The van der Waals surface area contributed by atoms with Crippen molar-refractivity contribution in [1.82, 2.24) is 5.32 Å². The van der Waals surface area contributed by atoms with Crippen LogP contribution in [0.15, 0.2) is 40.6 Å². The van der Waals surface area contributed by atoms with Crippen molar-refractivity contribution in [3.63, 3.8) is 0 Å². The Morgan fingerprint density at radius 2 is 2.06 bits per heavy atom. The minimum atomic E-state index is 0.430. The largest absolute Gasteiger partial charge is 0.312 e. The average Bonchev–Trinajstić information content (AvgIpc) is 2.79. The first-order chi connectivity index (χ1) is 8.70. The van der Waals surface area contributed by atoms with Crippen LogP contribution < -0.4 is 5.32 Å². The summed E-state index contributed by atoms with van der Waals surface area (Å²) in [5.41, 5.74) is 2.76. The van der Waals surface area contributed by atoms with Crippen LogP contribution in [0.4, 0.5) is 0 Å². The third-order valence-electron chi connectivity index (χ3n) is 3.00. The van der Waals surface area contributed by atoms with Gasteiger partial charge in [0.05, 0.1) is 0 Å². The fraction of sp³-hybridized carbons (Fsp3) is 0.333. The molecule has 0 saturated heterocycles. The van der Waals surface area contributed by atoms with E-state index in [0.717, 1.165) is 5.75 Å². The molecule has 0 aliphatic carbocycles. The van der Waals surface area contributed by atoms with Gasteiger partial charge in [0.15, 0.2) is 0 Å². The van der Waals surface area contributed by atoms with E-state index in [-0.39, 0.29) is 0 Å². The molecule has 2 aromatic rings. The molecule has 1 aromatic heterocycles. The Hall–Kier alpha value is -0.770. The van der Waals surface area contributed by atoms with Crippen molar-refractivity contribution < 1.29 is 0 Å². The van der Waals surface area contributed by atoms with Crippen LogP contribution in [0.25, 0.3) is 0 Å². The van der Waals surface area contributed by atoms with Gasteiger partial charge in [0.1, 0.15) is 0 Å². The molecule has 0 aliphatic rings. The van der Waals surface area contributed by atoms with Gasteiger partial charge < -0.3 is 5.32 Å². The molecule has 0 aliphatic heterocycles. The first-order valence-electron chi connectivity index (χ1n) is 6.11. The quantitative estimate of drug-likeness (QED) is 0.812. The van der Waals surface area contributed by atoms with Gasteiger partial charge in [0, 0.05) is 21.6 Å². The molecule has 18 heavy (non-hydrogen) atoms. The molecule has 0 fully saturated rings. The summed E-state index contributed by atoms with van der Waals surface area (Å²) in [6, 6.07) is 11.3. The second-order valence-corrected chi connectivity index (χ2v) is 6.59. The van der Waals surface area contributed by atoms with E-state index in [4.69, 9.17) is 0 Å². The minimum Gasteiger partial charge on any atom is -0.312 e. The van der Waals surface area contributed by atoms with Gasteiger partial charge in [-0.05, 0) is 49.5 Å². The average molecular weight is 277 g/mol. The Balaban J connectivity index is 2.02. The molecule has 1 aromatic carbocycles. The van der Waals surface area contributed by atoms with Crippen LogP contribution in [0.5, 0.6) is 0 Å². The zero-order valence-corrected chi connectivity index (χ0v) is 12.7. The highest BCUT2D eigenvalue weighted by Gasteiger charge is 2.11. The summed E-state index contributed by atoms with van der Waals surface area (Å²) < 4.78 is 0. The summed E-state index contributed by atoms with van der Waals surface area (Å²) in [4.78, 5) is 2.76. The summed E-state index contributed by atoms with van der Waals surface area (Å²) in [6.45, 7) is 4.33. The Morgan fingerprint density at radius 1 is 1.28 bits per heavy atom. The summed E-state index contributed by atoms with van der Waals surface area (Å²) in [5, 5.41) is 5.67. The number of hydrogen-bond acceptors (Lipinski definition) is 3. The predicted octanol–water partition coefficient (Wildman–Crippen LogP) is 4.42. The van der Waals surface area contributed by atoms with E-state index in [1.807, 2.05) is 30.1 Å². The van der Waals surface area contributed by atoms with Gasteiger partial charge in [-0.1, -0.05) is 18.2 Å². The van der Waals surface area contributed by atoms with E-state index in [9.17, 15) is 0 Å². The summed E-state index contributed by atoms with van der Waals surface area (Å²) in [5.74, 6) is 1.07. The molecular formula is C15H19NS2. The molecule has 1 N–H and O–H groups in total. The van der Waals surface area contributed by atoms with Gasteiger partial charge in [-0.3, -0.25) is 0 Å². The van der Waals surface area contributed by atoms with Crippen molar-refractivity contribution in [1.29, 1.82) is 0 Å². The van der Waals surface area contributed by atoms with Crippen LogP contribution in [0.2, 0.25) is 0 Å². The lowest BCUT2D eigenvalue weighted by Gasteiger charge is -2.15. The molecule has 0 amide bonds. The fourth-order valence-corrected chi connectivity index (χ4v) is 3.82. The van der Waals surface area contributed by atoms with Crippen molar-refractivity contribution >= 4 is 23.1 Å². The number of aryl methyl sites for hydroxylation is 2. The second kappa shape index (κ2) is 6.41. The number of nitrogens with one attached hydrogen (secondary N) is 1. The lowest BCUT2D eigenvalue weighted by Crippen LogP contribution is -2.18. The maximum absolute atomic E-state index is 3.41. The van der Waals surface area contributed by atoms with E-state index >= 15 is 0 Å². The molecule has 1 heterocycles. The molecular weight excluding hydrogens is 258 g/mol. The second-order valence-electron chi connectivity index (χ2n) is 4.41. The number of thioether (sulfide) groups is 1. The monoisotopic (exact) mass is 277 g/mol. The van der Waals surface area contributed by atoms with Crippen LogP contribution in [0, 0.1) is 13.8 Å². The van der Waals surface area contributed by atoms with Crippen molar-refractivity contribution in [3.05, 3.63) is 51.7 Å². The van der Waals surface area contributed by atoms with Crippen LogP contribution in [-0.4, -0.2) is 12.8 Å². The summed E-state index contributed by atoms with van der Waals surface area (Å²) in [6.07, 6.45) is 0. The molecule has 96 valence electrons. The highest BCUT2D eigenvalue weighted by atomic mass is 32.2. The van der Waals surface area contributed by atoms with Gasteiger partial charge in [0.25, 0.3) is 0 Å². The molecule has 0 bridgehead atoms. The Kier molecular flexibility index (Phi) is 4.87. The molecule has 0 radical (unpaired) electrons. The Labute approximate surface area is 118 Å². The lowest BCUT2D eigenvalue weighted by atomic mass is 10.2. The predicted molar refractivity (Wildman–Crippen MR) is 82.8 cm³/mol. The molecule has 2 rings (SSSR count). The lowest BCUT2D eigenvalue weighted by molar-refractivity contribution is 0.664. The third-order valence-corrected chi connectivity index (χ3v) is 5.15. The summed E-state index contributed by atoms with van der Waals surface area (Å²) >= 11 is 3.75. The van der Waals surface area contributed by atoms with Gasteiger partial charge >= 0.3 is 0 Å². The van der Waals surface area contributed by atoms with Gasteiger partial charge in [0.2, 0.25) is 0 Å². The number of hydrogen-bond donors (Lipinski definition) is 1. The number of thiophene rings is 1. The van der Waals surface area contributed by atoms with Crippen molar-refractivity contribution in [2.75, 3.05) is 12.8 Å². The molecule has 3 heteroatoms. The molecule has 0 spiro atoms.